The van der Waals surface area contributed by atoms with E-state index in [2.05, 4.69) is 10.1 Å². The summed E-state index contributed by atoms with van der Waals surface area (Å²) in [5.74, 6) is 0.00918. The molecule has 3 aliphatic rings. The maximum atomic E-state index is 13.3. The first kappa shape index (κ1) is 19.1. The van der Waals surface area contributed by atoms with E-state index >= 15 is 0 Å². The summed E-state index contributed by atoms with van der Waals surface area (Å²) in [5.41, 5.74) is -1.00. The van der Waals surface area contributed by atoms with Gasteiger partial charge in [0, 0.05) is 18.5 Å². The molecule has 0 saturated carbocycles. The van der Waals surface area contributed by atoms with E-state index < -0.39 is 17.4 Å². The smallest absolute Gasteiger partial charge is 0.230 e. The first-order valence-corrected chi connectivity index (χ1v) is 9.79. The Morgan fingerprint density at radius 2 is 2.14 bits per heavy atom. The SMILES string of the molecule is CC(C)c1nc(CN(C)C(=O)C2C3C=CC4(CN(C(C)(C)C)C(=O)C24)O3)no1. The van der Waals surface area contributed by atoms with E-state index in [0.717, 1.165) is 0 Å². The molecule has 2 bridgehead atoms. The number of carbonyl (C=O) groups excluding carboxylic acids is 2. The number of hydrogen-bond donors (Lipinski definition) is 0. The topological polar surface area (TPSA) is 88.8 Å². The van der Waals surface area contributed by atoms with Crippen molar-refractivity contribution in [2.24, 2.45) is 11.8 Å². The number of rotatable bonds is 4. The van der Waals surface area contributed by atoms with Crippen LogP contribution in [0.4, 0.5) is 0 Å². The highest BCUT2D eigenvalue weighted by Gasteiger charge is 2.68. The van der Waals surface area contributed by atoms with E-state index in [1.807, 2.05) is 51.7 Å². The lowest BCUT2D eigenvalue weighted by atomic mass is 9.76. The van der Waals surface area contributed by atoms with Gasteiger partial charge in [-0.2, -0.15) is 4.98 Å². The summed E-state index contributed by atoms with van der Waals surface area (Å²) in [6.45, 7) is 10.7. The first-order valence-electron chi connectivity index (χ1n) is 9.79. The highest BCUT2D eigenvalue weighted by Crippen LogP contribution is 2.53. The van der Waals surface area contributed by atoms with Crippen LogP contribution < -0.4 is 0 Å². The maximum Gasteiger partial charge on any atom is 0.230 e. The molecule has 1 aromatic heterocycles. The van der Waals surface area contributed by atoms with Crippen LogP contribution >= 0.6 is 0 Å². The van der Waals surface area contributed by atoms with Crippen molar-refractivity contribution >= 4 is 11.8 Å². The number of carbonyl (C=O) groups is 2. The summed E-state index contributed by atoms with van der Waals surface area (Å²) in [6, 6.07) is 0. The summed E-state index contributed by atoms with van der Waals surface area (Å²) in [6.07, 6.45) is 3.55. The van der Waals surface area contributed by atoms with Gasteiger partial charge in [0.2, 0.25) is 17.7 Å². The van der Waals surface area contributed by atoms with Crippen molar-refractivity contribution in [3.05, 3.63) is 23.9 Å². The molecule has 2 amide bonds. The molecule has 152 valence electrons. The van der Waals surface area contributed by atoms with Crippen molar-refractivity contribution < 1.29 is 18.8 Å². The monoisotopic (exact) mass is 388 g/mol. The predicted octanol–water partition coefficient (Wildman–Crippen LogP) is 1.73. The zero-order chi connectivity index (χ0) is 20.4. The number of likely N-dealkylation sites (tertiary alicyclic amines) is 1. The van der Waals surface area contributed by atoms with Crippen LogP contribution in [-0.2, 0) is 20.9 Å². The van der Waals surface area contributed by atoms with Crippen LogP contribution in [0.15, 0.2) is 16.7 Å². The van der Waals surface area contributed by atoms with E-state index in [-0.39, 0.29) is 35.9 Å². The summed E-state index contributed by atoms with van der Waals surface area (Å²) in [7, 11) is 1.71. The number of fused-ring (bicyclic) bond motifs is 1. The molecule has 0 N–H and O–H groups in total. The Morgan fingerprint density at radius 1 is 1.43 bits per heavy atom. The molecular formula is C20H28N4O4. The molecule has 28 heavy (non-hydrogen) atoms. The minimum absolute atomic E-state index is 0.00671. The molecule has 4 atom stereocenters. The summed E-state index contributed by atoms with van der Waals surface area (Å²) in [5, 5.41) is 3.96. The van der Waals surface area contributed by atoms with Gasteiger partial charge in [-0.3, -0.25) is 9.59 Å². The Labute approximate surface area is 164 Å². The van der Waals surface area contributed by atoms with E-state index in [1.165, 1.54) is 0 Å². The molecule has 0 aliphatic carbocycles. The van der Waals surface area contributed by atoms with Crippen molar-refractivity contribution in [1.29, 1.82) is 0 Å². The molecule has 4 heterocycles. The zero-order valence-electron chi connectivity index (χ0n) is 17.3. The van der Waals surface area contributed by atoms with E-state index in [4.69, 9.17) is 9.26 Å². The second-order valence-corrected chi connectivity index (χ2v) is 9.39. The van der Waals surface area contributed by atoms with Crippen LogP contribution in [-0.4, -0.2) is 62.6 Å². The quantitative estimate of drug-likeness (QED) is 0.730. The molecule has 2 fully saturated rings. The van der Waals surface area contributed by atoms with Crippen LogP contribution in [0.25, 0.3) is 0 Å². The molecule has 0 radical (unpaired) electrons. The number of nitrogens with zero attached hydrogens (tertiary/aromatic N) is 4. The van der Waals surface area contributed by atoms with E-state index in [1.54, 1.807) is 11.9 Å². The summed E-state index contributed by atoms with van der Waals surface area (Å²) >= 11 is 0. The number of aromatic nitrogens is 2. The third kappa shape index (κ3) is 2.77. The maximum absolute atomic E-state index is 13.3. The molecular weight excluding hydrogens is 360 g/mol. The molecule has 1 spiro atoms. The van der Waals surface area contributed by atoms with E-state index in [0.29, 0.717) is 18.3 Å². The minimum Gasteiger partial charge on any atom is -0.360 e. The fourth-order valence-electron chi connectivity index (χ4n) is 4.46. The third-order valence-electron chi connectivity index (χ3n) is 5.93. The average Bonchev–Trinajstić information content (AvgIpc) is 3.34. The van der Waals surface area contributed by atoms with Crippen LogP contribution in [0.2, 0.25) is 0 Å². The Hall–Kier alpha value is -2.22. The molecule has 8 nitrogen and oxygen atoms in total. The Morgan fingerprint density at radius 3 is 2.75 bits per heavy atom. The van der Waals surface area contributed by atoms with Gasteiger partial charge in [-0.05, 0) is 20.8 Å². The van der Waals surface area contributed by atoms with Gasteiger partial charge < -0.3 is 19.1 Å². The van der Waals surface area contributed by atoms with Gasteiger partial charge in [-0.1, -0.05) is 31.2 Å². The van der Waals surface area contributed by atoms with Crippen molar-refractivity contribution in [3.8, 4) is 0 Å². The van der Waals surface area contributed by atoms with Crippen LogP contribution in [0.3, 0.4) is 0 Å². The Kier molecular flexibility index (Phi) is 4.19. The van der Waals surface area contributed by atoms with Gasteiger partial charge in [-0.25, -0.2) is 0 Å². The van der Waals surface area contributed by atoms with Crippen molar-refractivity contribution in [1.82, 2.24) is 19.9 Å². The second kappa shape index (κ2) is 6.14. The number of ether oxygens (including phenoxy) is 1. The van der Waals surface area contributed by atoms with Crippen molar-refractivity contribution in [2.75, 3.05) is 13.6 Å². The molecule has 1 aromatic rings. The zero-order valence-corrected chi connectivity index (χ0v) is 17.3. The van der Waals surface area contributed by atoms with Gasteiger partial charge >= 0.3 is 0 Å². The lowest BCUT2D eigenvalue weighted by Gasteiger charge is -2.34. The Bertz CT molecular complexity index is 840. The second-order valence-electron chi connectivity index (χ2n) is 9.39. The standard InChI is InChI=1S/C20H28N4O4/c1-11(2)16-21-13(22-28-16)9-23(6)17(25)14-12-7-8-20(27-12)10-24(19(3,4)5)18(26)15(14)20/h7-8,11-12,14-15H,9-10H2,1-6H3. The van der Waals surface area contributed by atoms with Gasteiger partial charge in [0.15, 0.2) is 5.82 Å². The molecule has 2 saturated heterocycles. The number of amides is 2. The van der Waals surface area contributed by atoms with Crippen LogP contribution in [0.1, 0.15) is 52.3 Å². The van der Waals surface area contributed by atoms with Gasteiger partial charge in [0.25, 0.3) is 0 Å². The summed E-state index contributed by atoms with van der Waals surface area (Å²) < 4.78 is 11.4. The molecule has 3 aliphatic heterocycles. The van der Waals surface area contributed by atoms with Gasteiger partial charge in [-0.15, -0.1) is 0 Å². The van der Waals surface area contributed by atoms with Crippen LogP contribution in [0.5, 0.6) is 0 Å². The number of hydrogen-bond acceptors (Lipinski definition) is 6. The third-order valence-corrected chi connectivity index (χ3v) is 5.93. The first-order chi connectivity index (χ1) is 13.0. The highest BCUT2D eigenvalue weighted by atomic mass is 16.5. The molecule has 4 rings (SSSR count). The largest absolute Gasteiger partial charge is 0.360 e. The lowest BCUT2D eigenvalue weighted by Crippen LogP contribution is -2.47. The van der Waals surface area contributed by atoms with Crippen LogP contribution in [0, 0.1) is 11.8 Å². The predicted molar refractivity (Wildman–Crippen MR) is 100 cm³/mol. The minimum atomic E-state index is -0.687. The normalized spacial score (nSPS) is 31.2. The van der Waals surface area contributed by atoms with E-state index in [9.17, 15) is 9.59 Å². The lowest BCUT2D eigenvalue weighted by molar-refractivity contribution is -0.144. The van der Waals surface area contributed by atoms with Crippen molar-refractivity contribution in [2.45, 2.75) is 64.3 Å². The average molecular weight is 388 g/mol. The Balaban J connectivity index is 1.54. The van der Waals surface area contributed by atoms with Crippen molar-refractivity contribution in [3.63, 3.8) is 0 Å². The highest BCUT2D eigenvalue weighted by molar-refractivity contribution is 5.93. The van der Waals surface area contributed by atoms with Gasteiger partial charge in [0.1, 0.15) is 5.60 Å². The fourth-order valence-corrected chi connectivity index (χ4v) is 4.46. The molecule has 0 aromatic carbocycles. The molecule has 8 heteroatoms. The summed E-state index contributed by atoms with van der Waals surface area (Å²) in [4.78, 5) is 34.2. The fraction of sp³-hybridized carbons (Fsp3) is 0.700. The molecule has 4 unspecified atom stereocenters. The van der Waals surface area contributed by atoms with Gasteiger partial charge in [0.05, 0.1) is 31.0 Å².